The van der Waals surface area contributed by atoms with Gasteiger partial charge in [0, 0.05) is 6.04 Å². The predicted molar refractivity (Wildman–Crippen MR) is 60.3 cm³/mol. The Hall–Kier alpha value is -0.0800. The molecule has 1 rings (SSSR count). The Kier molecular flexibility index (Phi) is 4.90. The zero-order valence-electron chi connectivity index (χ0n) is 9.79. The number of hydrogen-bond donors (Lipinski definition) is 2. The molecule has 0 bridgehead atoms. The van der Waals surface area contributed by atoms with Crippen LogP contribution in [0.1, 0.15) is 46.5 Å². The average Bonchev–Trinajstić information content (AvgIpc) is 2.07. The van der Waals surface area contributed by atoms with Crippen molar-refractivity contribution in [3.63, 3.8) is 0 Å². The summed E-state index contributed by atoms with van der Waals surface area (Å²) in [7, 11) is 0. The number of rotatable bonds is 6. The van der Waals surface area contributed by atoms with Crippen LogP contribution in [0.3, 0.4) is 0 Å². The maximum Gasteiger partial charge on any atom is 0.0549 e. The molecule has 0 heterocycles. The van der Waals surface area contributed by atoms with Gasteiger partial charge in [-0.1, -0.05) is 20.8 Å². The summed E-state index contributed by atoms with van der Waals surface area (Å²) < 4.78 is 0. The van der Waals surface area contributed by atoms with E-state index in [1.807, 2.05) is 6.92 Å². The van der Waals surface area contributed by atoms with E-state index in [-0.39, 0.29) is 6.10 Å². The highest BCUT2D eigenvalue weighted by molar-refractivity contribution is 4.86. The van der Waals surface area contributed by atoms with E-state index in [2.05, 4.69) is 19.2 Å². The molecule has 1 atom stereocenters. The third-order valence-electron chi connectivity index (χ3n) is 3.50. The first-order chi connectivity index (χ1) is 6.63. The molecule has 0 amide bonds. The van der Waals surface area contributed by atoms with Gasteiger partial charge in [-0.3, -0.25) is 0 Å². The van der Waals surface area contributed by atoms with Crippen LogP contribution in [0.25, 0.3) is 0 Å². The SMILES string of the molecule is CCC(O)CCNC1CC(C(C)C)C1. The zero-order valence-corrected chi connectivity index (χ0v) is 9.79. The highest BCUT2D eigenvalue weighted by Crippen LogP contribution is 2.33. The predicted octanol–water partition coefficient (Wildman–Crippen LogP) is 2.17. The molecule has 0 aromatic heterocycles. The van der Waals surface area contributed by atoms with Crippen LogP contribution in [0.2, 0.25) is 0 Å². The molecule has 1 unspecified atom stereocenters. The lowest BCUT2D eigenvalue weighted by Gasteiger charge is -2.38. The molecule has 2 N–H and O–H groups in total. The second-order valence-electron chi connectivity index (χ2n) is 4.98. The van der Waals surface area contributed by atoms with Crippen LogP contribution in [0, 0.1) is 11.8 Å². The van der Waals surface area contributed by atoms with E-state index in [4.69, 9.17) is 0 Å². The molecule has 1 saturated carbocycles. The van der Waals surface area contributed by atoms with Crippen molar-refractivity contribution >= 4 is 0 Å². The topological polar surface area (TPSA) is 32.3 Å². The number of nitrogens with one attached hydrogen (secondary N) is 1. The fraction of sp³-hybridized carbons (Fsp3) is 1.00. The van der Waals surface area contributed by atoms with Gasteiger partial charge in [0.25, 0.3) is 0 Å². The molecule has 0 saturated heterocycles. The van der Waals surface area contributed by atoms with Crippen molar-refractivity contribution in [1.82, 2.24) is 5.32 Å². The Morgan fingerprint density at radius 3 is 2.50 bits per heavy atom. The molecular formula is C12H25NO. The standard InChI is InChI=1S/C12H25NO/c1-4-12(14)5-6-13-11-7-10(8-11)9(2)3/h9-14H,4-8H2,1-3H3. The molecule has 0 spiro atoms. The lowest BCUT2D eigenvalue weighted by Crippen LogP contribution is -2.43. The quantitative estimate of drug-likeness (QED) is 0.687. The van der Waals surface area contributed by atoms with E-state index in [0.717, 1.165) is 37.3 Å². The normalized spacial score (nSPS) is 28.9. The lowest BCUT2D eigenvalue weighted by atomic mass is 9.73. The number of aliphatic hydroxyl groups is 1. The van der Waals surface area contributed by atoms with Gasteiger partial charge in [0.1, 0.15) is 0 Å². The Bertz CT molecular complexity index is 152. The molecule has 0 aliphatic heterocycles. The Labute approximate surface area is 88.1 Å². The second-order valence-corrected chi connectivity index (χ2v) is 4.98. The van der Waals surface area contributed by atoms with Crippen LogP contribution >= 0.6 is 0 Å². The number of hydrogen-bond acceptors (Lipinski definition) is 2. The summed E-state index contributed by atoms with van der Waals surface area (Å²) in [6, 6.07) is 0.728. The van der Waals surface area contributed by atoms with Gasteiger partial charge in [0.15, 0.2) is 0 Å². The Morgan fingerprint density at radius 1 is 1.36 bits per heavy atom. The molecule has 14 heavy (non-hydrogen) atoms. The van der Waals surface area contributed by atoms with E-state index < -0.39 is 0 Å². The van der Waals surface area contributed by atoms with Crippen LogP contribution in [-0.2, 0) is 0 Å². The van der Waals surface area contributed by atoms with Gasteiger partial charge in [-0.15, -0.1) is 0 Å². The van der Waals surface area contributed by atoms with Gasteiger partial charge in [-0.25, -0.2) is 0 Å². The van der Waals surface area contributed by atoms with E-state index in [1.54, 1.807) is 0 Å². The molecule has 0 aromatic carbocycles. The van der Waals surface area contributed by atoms with Gasteiger partial charge < -0.3 is 10.4 Å². The van der Waals surface area contributed by atoms with Crippen molar-refractivity contribution in [2.75, 3.05) is 6.54 Å². The molecule has 2 nitrogen and oxygen atoms in total. The van der Waals surface area contributed by atoms with E-state index >= 15 is 0 Å². The third-order valence-corrected chi connectivity index (χ3v) is 3.50. The van der Waals surface area contributed by atoms with Crippen molar-refractivity contribution in [2.45, 2.75) is 58.6 Å². The van der Waals surface area contributed by atoms with E-state index in [9.17, 15) is 5.11 Å². The maximum absolute atomic E-state index is 9.36. The van der Waals surface area contributed by atoms with Crippen LogP contribution < -0.4 is 5.32 Å². The van der Waals surface area contributed by atoms with E-state index in [0.29, 0.717) is 0 Å². The molecule has 1 aliphatic rings. The highest BCUT2D eigenvalue weighted by Gasteiger charge is 2.30. The third kappa shape index (κ3) is 3.58. The summed E-state index contributed by atoms with van der Waals surface area (Å²) in [5.74, 6) is 1.78. The first-order valence-corrected chi connectivity index (χ1v) is 6.05. The average molecular weight is 199 g/mol. The second kappa shape index (κ2) is 5.72. The van der Waals surface area contributed by atoms with Gasteiger partial charge in [0.05, 0.1) is 6.10 Å². The molecule has 1 fully saturated rings. The smallest absolute Gasteiger partial charge is 0.0549 e. The summed E-state index contributed by atoms with van der Waals surface area (Å²) in [6.45, 7) is 7.62. The van der Waals surface area contributed by atoms with Gasteiger partial charge >= 0.3 is 0 Å². The minimum atomic E-state index is -0.108. The molecular weight excluding hydrogens is 174 g/mol. The summed E-state index contributed by atoms with van der Waals surface area (Å²) in [6.07, 6.45) is 4.34. The monoisotopic (exact) mass is 199 g/mol. The molecule has 84 valence electrons. The van der Waals surface area contributed by atoms with Crippen molar-refractivity contribution < 1.29 is 5.11 Å². The molecule has 0 radical (unpaired) electrons. The summed E-state index contributed by atoms with van der Waals surface area (Å²) in [4.78, 5) is 0. The lowest BCUT2D eigenvalue weighted by molar-refractivity contribution is 0.140. The molecule has 2 heteroatoms. The van der Waals surface area contributed by atoms with E-state index in [1.165, 1.54) is 12.8 Å². The molecule has 0 aromatic rings. The minimum Gasteiger partial charge on any atom is -0.393 e. The number of aliphatic hydroxyl groups excluding tert-OH is 1. The molecule has 1 aliphatic carbocycles. The minimum absolute atomic E-state index is 0.108. The fourth-order valence-corrected chi connectivity index (χ4v) is 2.03. The van der Waals surface area contributed by atoms with Crippen LogP contribution in [-0.4, -0.2) is 23.8 Å². The summed E-state index contributed by atoms with van der Waals surface area (Å²) in [5.41, 5.74) is 0. The Morgan fingerprint density at radius 2 is 2.00 bits per heavy atom. The van der Waals surface area contributed by atoms with Gasteiger partial charge in [0.2, 0.25) is 0 Å². The van der Waals surface area contributed by atoms with Crippen molar-refractivity contribution in [2.24, 2.45) is 11.8 Å². The van der Waals surface area contributed by atoms with Crippen molar-refractivity contribution in [1.29, 1.82) is 0 Å². The van der Waals surface area contributed by atoms with Crippen molar-refractivity contribution in [3.8, 4) is 0 Å². The fourth-order valence-electron chi connectivity index (χ4n) is 2.03. The summed E-state index contributed by atoms with van der Waals surface area (Å²) in [5, 5.41) is 12.9. The van der Waals surface area contributed by atoms with Crippen LogP contribution in [0.4, 0.5) is 0 Å². The Balaban J connectivity index is 1.96. The zero-order chi connectivity index (χ0) is 10.6. The highest BCUT2D eigenvalue weighted by atomic mass is 16.3. The van der Waals surface area contributed by atoms with Gasteiger partial charge in [-0.2, -0.15) is 0 Å². The summed E-state index contributed by atoms with van der Waals surface area (Å²) >= 11 is 0. The van der Waals surface area contributed by atoms with Gasteiger partial charge in [-0.05, 0) is 44.1 Å². The van der Waals surface area contributed by atoms with Crippen LogP contribution in [0.5, 0.6) is 0 Å². The van der Waals surface area contributed by atoms with Crippen molar-refractivity contribution in [3.05, 3.63) is 0 Å². The first kappa shape index (κ1) is 12.0. The first-order valence-electron chi connectivity index (χ1n) is 6.05. The maximum atomic E-state index is 9.36. The van der Waals surface area contributed by atoms with Crippen LogP contribution in [0.15, 0.2) is 0 Å². The largest absolute Gasteiger partial charge is 0.393 e.